The molecule has 6 heteroatoms. The topological polar surface area (TPSA) is 56.8 Å². The van der Waals surface area contributed by atoms with Crippen molar-refractivity contribution in [2.24, 2.45) is 0 Å². The SMILES string of the molecule is CCCC[C@@](C)(OC)C(=O)Nc1ccc(O[C@@H](C)COC)c(Cl)c1. The standard InChI is InChI=1S/C18H28ClNO4/c1-6-7-10-18(3,23-5)17(21)20-14-8-9-16(15(19)11-14)24-13(2)12-22-4/h8-9,11,13H,6-7,10,12H2,1-5H3,(H,20,21)/t13-,18+/m0/s1. The van der Waals surface area contributed by atoms with E-state index in [1.807, 2.05) is 6.92 Å². The fraction of sp³-hybridized carbons (Fsp3) is 0.611. The number of hydrogen-bond acceptors (Lipinski definition) is 4. The van der Waals surface area contributed by atoms with Crippen LogP contribution in [0.4, 0.5) is 5.69 Å². The summed E-state index contributed by atoms with van der Waals surface area (Å²) in [6, 6.07) is 5.17. The first-order valence-corrected chi connectivity index (χ1v) is 8.55. The fourth-order valence-corrected chi connectivity index (χ4v) is 2.47. The zero-order valence-electron chi connectivity index (χ0n) is 15.1. The molecule has 1 aromatic carbocycles. The van der Waals surface area contributed by atoms with Crippen LogP contribution < -0.4 is 10.1 Å². The lowest BCUT2D eigenvalue weighted by Gasteiger charge is -2.27. The monoisotopic (exact) mass is 357 g/mol. The van der Waals surface area contributed by atoms with E-state index in [4.69, 9.17) is 25.8 Å². The third-order valence-electron chi connectivity index (χ3n) is 3.86. The molecule has 0 aromatic heterocycles. The fourth-order valence-electron chi connectivity index (χ4n) is 2.25. The molecule has 1 rings (SSSR count). The van der Waals surface area contributed by atoms with Crippen molar-refractivity contribution in [2.75, 3.05) is 26.1 Å². The summed E-state index contributed by atoms with van der Waals surface area (Å²) in [5.74, 6) is 0.371. The van der Waals surface area contributed by atoms with E-state index in [0.29, 0.717) is 29.5 Å². The number of carbonyl (C=O) groups excluding carboxylic acids is 1. The van der Waals surface area contributed by atoms with Gasteiger partial charge in [-0.3, -0.25) is 4.79 Å². The van der Waals surface area contributed by atoms with Crippen molar-refractivity contribution in [1.82, 2.24) is 0 Å². The highest BCUT2D eigenvalue weighted by Crippen LogP contribution is 2.29. The van der Waals surface area contributed by atoms with Crippen molar-refractivity contribution >= 4 is 23.2 Å². The lowest BCUT2D eigenvalue weighted by Crippen LogP contribution is -2.41. The highest BCUT2D eigenvalue weighted by Gasteiger charge is 2.32. The Morgan fingerprint density at radius 2 is 2.08 bits per heavy atom. The van der Waals surface area contributed by atoms with E-state index in [2.05, 4.69) is 12.2 Å². The van der Waals surface area contributed by atoms with Gasteiger partial charge >= 0.3 is 0 Å². The van der Waals surface area contributed by atoms with Crippen LogP contribution in [0, 0.1) is 0 Å². The van der Waals surface area contributed by atoms with Gasteiger partial charge in [0.1, 0.15) is 17.5 Å². The minimum atomic E-state index is -0.857. The van der Waals surface area contributed by atoms with Crippen molar-refractivity contribution < 1.29 is 19.0 Å². The van der Waals surface area contributed by atoms with Crippen LogP contribution in [0.2, 0.25) is 5.02 Å². The number of unbranched alkanes of at least 4 members (excludes halogenated alkanes) is 1. The third-order valence-corrected chi connectivity index (χ3v) is 4.15. The van der Waals surface area contributed by atoms with Crippen molar-refractivity contribution in [3.05, 3.63) is 23.2 Å². The van der Waals surface area contributed by atoms with Crippen LogP contribution in [0.25, 0.3) is 0 Å². The van der Waals surface area contributed by atoms with Gasteiger partial charge in [-0.15, -0.1) is 0 Å². The summed E-state index contributed by atoms with van der Waals surface area (Å²) in [6.45, 7) is 6.24. The Kier molecular flexibility index (Phi) is 8.53. The van der Waals surface area contributed by atoms with Gasteiger partial charge < -0.3 is 19.5 Å². The number of methoxy groups -OCH3 is 2. The summed E-state index contributed by atoms with van der Waals surface area (Å²) in [5.41, 5.74) is -0.249. The molecule has 0 heterocycles. The van der Waals surface area contributed by atoms with E-state index in [1.54, 1.807) is 39.3 Å². The van der Waals surface area contributed by atoms with Gasteiger partial charge in [0.05, 0.1) is 11.6 Å². The number of benzene rings is 1. The average Bonchev–Trinajstić information content (AvgIpc) is 2.55. The summed E-state index contributed by atoms with van der Waals surface area (Å²) in [5, 5.41) is 3.29. The van der Waals surface area contributed by atoms with Crippen molar-refractivity contribution in [1.29, 1.82) is 0 Å². The van der Waals surface area contributed by atoms with Crippen molar-refractivity contribution in [3.63, 3.8) is 0 Å². The number of halogens is 1. The summed E-state index contributed by atoms with van der Waals surface area (Å²) in [6.07, 6.45) is 2.47. The average molecular weight is 358 g/mol. The van der Waals surface area contributed by atoms with Crippen LogP contribution in [0.1, 0.15) is 40.0 Å². The Morgan fingerprint density at radius 1 is 1.38 bits per heavy atom. The molecular weight excluding hydrogens is 330 g/mol. The van der Waals surface area contributed by atoms with Crippen LogP contribution in [0.3, 0.4) is 0 Å². The molecule has 1 N–H and O–H groups in total. The Morgan fingerprint density at radius 3 is 2.62 bits per heavy atom. The number of hydrogen-bond donors (Lipinski definition) is 1. The van der Waals surface area contributed by atoms with E-state index in [9.17, 15) is 4.79 Å². The molecule has 0 saturated carbocycles. The van der Waals surface area contributed by atoms with Gasteiger partial charge in [0.15, 0.2) is 0 Å². The van der Waals surface area contributed by atoms with Gasteiger partial charge in [-0.25, -0.2) is 0 Å². The predicted octanol–water partition coefficient (Wildman–Crippen LogP) is 4.29. The van der Waals surface area contributed by atoms with Crippen LogP contribution in [-0.2, 0) is 14.3 Å². The molecule has 0 aliphatic carbocycles. The minimum Gasteiger partial charge on any atom is -0.487 e. The van der Waals surface area contributed by atoms with Gasteiger partial charge in [0.25, 0.3) is 5.91 Å². The van der Waals surface area contributed by atoms with E-state index in [-0.39, 0.29) is 12.0 Å². The van der Waals surface area contributed by atoms with E-state index in [0.717, 1.165) is 12.8 Å². The Hall–Kier alpha value is -1.30. The number of amides is 1. The van der Waals surface area contributed by atoms with Gasteiger partial charge in [-0.05, 0) is 38.5 Å². The maximum atomic E-state index is 12.5. The molecule has 5 nitrogen and oxygen atoms in total. The summed E-state index contributed by atoms with van der Waals surface area (Å²) >= 11 is 6.24. The van der Waals surface area contributed by atoms with Gasteiger partial charge in [-0.1, -0.05) is 31.4 Å². The molecule has 1 aromatic rings. The Labute approximate surface area is 149 Å². The molecule has 0 bridgehead atoms. The zero-order chi connectivity index (χ0) is 18.2. The molecule has 0 aliphatic rings. The molecule has 2 atom stereocenters. The molecular formula is C18H28ClNO4. The Bertz CT molecular complexity index is 538. The lowest BCUT2D eigenvalue weighted by molar-refractivity contribution is -0.136. The quantitative estimate of drug-likeness (QED) is 0.678. The van der Waals surface area contributed by atoms with Gasteiger partial charge in [0, 0.05) is 19.9 Å². The normalized spacial score (nSPS) is 14.8. The smallest absolute Gasteiger partial charge is 0.256 e. The number of anilines is 1. The van der Waals surface area contributed by atoms with E-state index >= 15 is 0 Å². The summed E-state index contributed by atoms with van der Waals surface area (Å²) < 4.78 is 16.2. The molecule has 0 radical (unpaired) electrons. The number of rotatable bonds is 10. The predicted molar refractivity (Wildman–Crippen MR) is 97.0 cm³/mol. The second-order valence-electron chi connectivity index (χ2n) is 6.02. The molecule has 0 unspecified atom stereocenters. The van der Waals surface area contributed by atoms with Crippen molar-refractivity contribution in [3.8, 4) is 5.75 Å². The van der Waals surface area contributed by atoms with Gasteiger partial charge in [0.2, 0.25) is 0 Å². The minimum absolute atomic E-state index is 0.112. The first-order chi connectivity index (χ1) is 11.4. The molecule has 0 spiro atoms. The largest absolute Gasteiger partial charge is 0.487 e. The first kappa shape index (κ1) is 20.7. The maximum Gasteiger partial charge on any atom is 0.256 e. The second kappa shape index (κ2) is 9.87. The number of ether oxygens (including phenoxy) is 3. The maximum absolute atomic E-state index is 12.5. The molecule has 24 heavy (non-hydrogen) atoms. The molecule has 0 fully saturated rings. The van der Waals surface area contributed by atoms with Crippen LogP contribution >= 0.6 is 11.6 Å². The molecule has 0 aliphatic heterocycles. The summed E-state index contributed by atoms with van der Waals surface area (Å²) in [4.78, 5) is 12.5. The molecule has 0 saturated heterocycles. The highest BCUT2D eigenvalue weighted by atomic mass is 35.5. The zero-order valence-corrected chi connectivity index (χ0v) is 15.9. The van der Waals surface area contributed by atoms with E-state index < -0.39 is 5.60 Å². The van der Waals surface area contributed by atoms with E-state index in [1.165, 1.54) is 0 Å². The number of nitrogens with one attached hydrogen (secondary N) is 1. The highest BCUT2D eigenvalue weighted by molar-refractivity contribution is 6.32. The second-order valence-corrected chi connectivity index (χ2v) is 6.43. The molecule has 136 valence electrons. The van der Waals surface area contributed by atoms with Gasteiger partial charge in [-0.2, -0.15) is 0 Å². The Balaban J connectivity index is 2.78. The van der Waals surface area contributed by atoms with Crippen LogP contribution in [0.5, 0.6) is 5.75 Å². The number of carbonyl (C=O) groups is 1. The summed E-state index contributed by atoms with van der Waals surface area (Å²) in [7, 11) is 3.17. The van der Waals surface area contributed by atoms with Crippen LogP contribution in [0.15, 0.2) is 18.2 Å². The first-order valence-electron chi connectivity index (χ1n) is 8.18. The van der Waals surface area contributed by atoms with Crippen LogP contribution in [-0.4, -0.2) is 38.4 Å². The molecule has 1 amide bonds. The third kappa shape index (κ3) is 5.96. The van der Waals surface area contributed by atoms with Crippen molar-refractivity contribution in [2.45, 2.75) is 51.7 Å². The lowest BCUT2D eigenvalue weighted by atomic mass is 9.97.